The van der Waals surface area contributed by atoms with Gasteiger partial charge in [0.25, 0.3) is 5.91 Å². The molecule has 0 spiro atoms. The Labute approximate surface area is 162 Å². The van der Waals surface area contributed by atoms with Crippen LogP contribution in [0.1, 0.15) is 23.1 Å². The highest BCUT2D eigenvalue weighted by molar-refractivity contribution is 9.10. The zero-order chi connectivity index (χ0) is 18.1. The number of nitrogens with one attached hydrogen (secondary N) is 1. The number of anilines is 1. The number of carbonyl (C=O) groups is 1. The number of imidazole rings is 1. The van der Waals surface area contributed by atoms with E-state index in [-0.39, 0.29) is 5.91 Å². The second-order valence-corrected chi connectivity index (χ2v) is 7.47. The first-order valence-corrected chi connectivity index (χ1v) is 9.81. The summed E-state index contributed by atoms with van der Waals surface area (Å²) >= 11 is 4.86. The van der Waals surface area contributed by atoms with E-state index in [9.17, 15) is 4.79 Å². The van der Waals surface area contributed by atoms with Crippen molar-refractivity contribution in [1.29, 1.82) is 0 Å². The molecular weight excluding hydrogens is 412 g/mol. The predicted octanol–water partition coefficient (Wildman–Crippen LogP) is 5.04. The second-order valence-electron chi connectivity index (χ2n) is 5.69. The van der Waals surface area contributed by atoms with Crippen molar-refractivity contribution >= 4 is 44.0 Å². The number of pyridine rings is 1. The highest BCUT2D eigenvalue weighted by Gasteiger charge is 2.19. The van der Waals surface area contributed by atoms with Gasteiger partial charge in [-0.15, -0.1) is 11.3 Å². The Morgan fingerprint density at radius 3 is 2.77 bits per heavy atom. The third-order valence-electron chi connectivity index (χ3n) is 4.00. The maximum atomic E-state index is 12.9. The number of amides is 1. The Balaban J connectivity index is 1.66. The summed E-state index contributed by atoms with van der Waals surface area (Å²) in [6, 6.07) is 13.7. The summed E-state index contributed by atoms with van der Waals surface area (Å²) in [5.74, 6) is -0.207. The van der Waals surface area contributed by atoms with Gasteiger partial charge in [-0.3, -0.25) is 14.5 Å². The van der Waals surface area contributed by atoms with Crippen molar-refractivity contribution in [2.75, 3.05) is 5.32 Å². The number of benzene rings is 1. The molecule has 0 fully saturated rings. The minimum absolute atomic E-state index is 0.207. The van der Waals surface area contributed by atoms with Crippen LogP contribution in [0, 0.1) is 0 Å². The fourth-order valence-electron chi connectivity index (χ4n) is 2.78. The quantitative estimate of drug-likeness (QED) is 0.497. The van der Waals surface area contributed by atoms with Gasteiger partial charge in [0.2, 0.25) is 0 Å². The molecule has 3 heterocycles. The van der Waals surface area contributed by atoms with Crippen molar-refractivity contribution in [1.82, 2.24) is 14.4 Å². The van der Waals surface area contributed by atoms with Gasteiger partial charge in [-0.25, -0.2) is 9.97 Å². The van der Waals surface area contributed by atoms with E-state index in [1.165, 1.54) is 11.3 Å². The first-order valence-electron chi connectivity index (χ1n) is 8.14. The molecule has 0 bridgehead atoms. The number of carbonyl (C=O) groups excluding carboxylic acids is 1. The van der Waals surface area contributed by atoms with E-state index in [1.54, 1.807) is 0 Å². The first-order chi connectivity index (χ1) is 12.7. The van der Waals surface area contributed by atoms with E-state index >= 15 is 0 Å². The van der Waals surface area contributed by atoms with E-state index in [2.05, 4.69) is 31.2 Å². The van der Waals surface area contributed by atoms with E-state index in [0.717, 1.165) is 27.1 Å². The predicted molar refractivity (Wildman–Crippen MR) is 108 cm³/mol. The van der Waals surface area contributed by atoms with Gasteiger partial charge in [-0.05, 0) is 34.5 Å². The van der Waals surface area contributed by atoms with Gasteiger partial charge in [0.05, 0.1) is 11.4 Å². The molecule has 0 aliphatic carbocycles. The van der Waals surface area contributed by atoms with Crippen LogP contribution in [0.15, 0.2) is 58.5 Å². The SMILES string of the molecule is CCc1nc2ccc(Br)cn2c1C(=O)Nc1nc(-c2ccccc2)cs1. The van der Waals surface area contributed by atoms with Gasteiger partial charge < -0.3 is 0 Å². The first kappa shape index (κ1) is 16.9. The minimum Gasteiger partial charge on any atom is -0.296 e. The van der Waals surface area contributed by atoms with Crippen molar-refractivity contribution in [2.45, 2.75) is 13.3 Å². The fourth-order valence-corrected chi connectivity index (χ4v) is 3.84. The summed E-state index contributed by atoms with van der Waals surface area (Å²) < 4.78 is 2.70. The number of aromatic nitrogens is 3. The zero-order valence-corrected chi connectivity index (χ0v) is 16.3. The summed E-state index contributed by atoms with van der Waals surface area (Å²) in [4.78, 5) is 22.0. The Hall–Kier alpha value is -2.51. The van der Waals surface area contributed by atoms with Crippen molar-refractivity contribution < 1.29 is 4.79 Å². The van der Waals surface area contributed by atoms with E-state index in [4.69, 9.17) is 0 Å². The van der Waals surface area contributed by atoms with Gasteiger partial charge in [0, 0.05) is 21.6 Å². The van der Waals surface area contributed by atoms with Crippen LogP contribution < -0.4 is 5.32 Å². The molecule has 130 valence electrons. The zero-order valence-electron chi connectivity index (χ0n) is 13.9. The standard InChI is InChI=1S/C19H15BrN4OS/c1-2-14-17(24-10-13(20)8-9-16(24)21-14)18(25)23-19-22-15(11-26-19)12-6-4-3-5-7-12/h3-11H,2H2,1H3,(H,22,23,25). The van der Waals surface area contributed by atoms with Crippen LogP contribution >= 0.6 is 27.3 Å². The number of hydrogen-bond acceptors (Lipinski definition) is 4. The number of hydrogen-bond donors (Lipinski definition) is 1. The fraction of sp³-hybridized carbons (Fsp3) is 0.105. The van der Waals surface area contributed by atoms with Crippen LogP contribution in [-0.2, 0) is 6.42 Å². The highest BCUT2D eigenvalue weighted by Crippen LogP contribution is 2.25. The molecule has 0 atom stereocenters. The number of rotatable bonds is 4. The van der Waals surface area contributed by atoms with Gasteiger partial charge in [0.1, 0.15) is 11.3 Å². The molecule has 0 saturated carbocycles. The smallest absolute Gasteiger partial charge is 0.276 e. The van der Waals surface area contributed by atoms with Crippen LogP contribution in [0.2, 0.25) is 0 Å². The van der Waals surface area contributed by atoms with Crippen molar-refractivity contribution in [3.8, 4) is 11.3 Å². The third kappa shape index (κ3) is 3.15. The Morgan fingerprint density at radius 2 is 2.00 bits per heavy atom. The van der Waals surface area contributed by atoms with Gasteiger partial charge in [-0.1, -0.05) is 37.3 Å². The monoisotopic (exact) mass is 426 g/mol. The highest BCUT2D eigenvalue weighted by atomic mass is 79.9. The van der Waals surface area contributed by atoms with Crippen LogP contribution in [0.4, 0.5) is 5.13 Å². The van der Waals surface area contributed by atoms with E-state index < -0.39 is 0 Å². The summed E-state index contributed by atoms with van der Waals surface area (Å²) in [7, 11) is 0. The Kier molecular flexibility index (Phi) is 4.57. The van der Waals surface area contributed by atoms with E-state index in [0.29, 0.717) is 17.2 Å². The largest absolute Gasteiger partial charge is 0.296 e. The topological polar surface area (TPSA) is 59.3 Å². The maximum absolute atomic E-state index is 12.9. The van der Waals surface area contributed by atoms with Crippen LogP contribution in [0.3, 0.4) is 0 Å². The number of thiazole rings is 1. The summed E-state index contributed by atoms with van der Waals surface area (Å²) in [5, 5.41) is 5.42. The van der Waals surface area contributed by atoms with Gasteiger partial charge in [-0.2, -0.15) is 0 Å². The van der Waals surface area contributed by atoms with Gasteiger partial charge >= 0.3 is 0 Å². The molecular formula is C19H15BrN4OS. The molecule has 0 unspecified atom stereocenters. The molecule has 0 aliphatic rings. The molecule has 5 nitrogen and oxygen atoms in total. The van der Waals surface area contributed by atoms with Crippen molar-refractivity contribution in [3.05, 3.63) is 69.9 Å². The van der Waals surface area contributed by atoms with Gasteiger partial charge in [0.15, 0.2) is 5.13 Å². The molecule has 3 aromatic heterocycles. The molecule has 4 rings (SSSR count). The molecule has 26 heavy (non-hydrogen) atoms. The minimum atomic E-state index is -0.207. The van der Waals surface area contributed by atoms with Crippen LogP contribution in [0.25, 0.3) is 16.9 Å². The van der Waals surface area contributed by atoms with Crippen molar-refractivity contribution in [2.24, 2.45) is 0 Å². The van der Waals surface area contributed by atoms with Crippen LogP contribution in [-0.4, -0.2) is 20.3 Å². The third-order valence-corrected chi connectivity index (χ3v) is 5.23. The lowest BCUT2D eigenvalue weighted by molar-refractivity contribution is 0.102. The average Bonchev–Trinajstić information content (AvgIpc) is 3.26. The number of fused-ring (bicyclic) bond motifs is 1. The molecule has 1 aromatic carbocycles. The summed E-state index contributed by atoms with van der Waals surface area (Å²) in [5.41, 5.74) is 3.93. The molecule has 0 aliphatic heterocycles. The van der Waals surface area contributed by atoms with E-state index in [1.807, 2.05) is 65.4 Å². The Morgan fingerprint density at radius 1 is 1.19 bits per heavy atom. The summed E-state index contributed by atoms with van der Waals surface area (Å²) in [6.45, 7) is 1.99. The molecule has 0 radical (unpaired) electrons. The van der Waals surface area contributed by atoms with Crippen LogP contribution in [0.5, 0.6) is 0 Å². The lowest BCUT2D eigenvalue weighted by Crippen LogP contribution is -2.16. The lowest BCUT2D eigenvalue weighted by atomic mass is 10.2. The normalized spacial score (nSPS) is 11.0. The molecule has 1 amide bonds. The number of nitrogens with zero attached hydrogens (tertiary/aromatic N) is 3. The Bertz CT molecular complexity index is 1090. The molecule has 7 heteroatoms. The van der Waals surface area contributed by atoms with Crippen molar-refractivity contribution in [3.63, 3.8) is 0 Å². The molecule has 1 N–H and O–H groups in total. The second kappa shape index (κ2) is 7.01. The summed E-state index contributed by atoms with van der Waals surface area (Å²) in [6.07, 6.45) is 2.53. The average molecular weight is 427 g/mol. The lowest BCUT2D eigenvalue weighted by Gasteiger charge is -2.04. The molecule has 0 saturated heterocycles. The number of halogens is 1. The maximum Gasteiger partial charge on any atom is 0.276 e. The molecule has 4 aromatic rings. The number of aryl methyl sites for hydroxylation is 1.